The van der Waals surface area contributed by atoms with Gasteiger partial charge >= 0.3 is 0 Å². The zero-order chi connectivity index (χ0) is 12.7. The normalized spacial score (nSPS) is 11.3. The molecule has 3 nitrogen and oxygen atoms in total. The van der Waals surface area contributed by atoms with Crippen LogP contribution in [0.5, 0.6) is 0 Å². The minimum Gasteiger partial charge on any atom is -0.328 e. The standard InChI is InChI=1S/C15H17N3/c1-4-11-5-6-12-13-7-8-17-10(2)15(13)18(16-3)14(12)9-11/h5-9,16H,4H2,1-3H3. The van der Waals surface area contributed by atoms with Crippen LogP contribution in [0.3, 0.4) is 0 Å². The SMILES string of the molecule is CCc1ccc2c3ccnc(C)c3n(NC)c2c1. The quantitative estimate of drug-likeness (QED) is 0.744. The third-order valence-corrected chi connectivity index (χ3v) is 3.56. The van der Waals surface area contributed by atoms with E-state index >= 15 is 0 Å². The van der Waals surface area contributed by atoms with Gasteiger partial charge in [-0.1, -0.05) is 19.1 Å². The van der Waals surface area contributed by atoms with Gasteiger partial charge in [-0.3, -0.25) is 9.66 Å². The summed E-state index contributed by atoms with van der Waals surface area (Å²) in [7, 11) is 1.95. The smallest absolute Gasteiger partial charge is 0.0918 e. The predicted molar refractivity (Wildman–Crippen MR) is 76.6 cm³/mol. The van der Waals surface area contributed by atoms with Gasteiger partial charge in [0.05, 0.1) is 16.7 Å². The summed E-state index contributed by atoms with van der Waals surface area (Å²) >= 11 is 0. The zero-order valence-corrected chi connectivity index (χ0v) is 11.0. The fraction of sp³-hybridized carbons (Fsp3) is 0.267. The highest BCUT2D eigenvalue weighted by Gasteiger charge is 2.12. The minimum atomic E-state index is 1.05. The van der Waals surface area contributed by atoms with Crippen molar-refractivity contribution in [3.05, 3.63) is 41.7 Å². The van der Waals surface area contributed by atoms with Crippen LogP contribution >= 0.6 is 0 Å². The van der Waals surface area contributed by atoms with Gasteiger partial charge in [-0.2, -0.15) is 0 Å². The van der Waals surface area contributed by atoms with E-state index in [9.17, 15) is 0 Å². The molecular weight excluding hydrogens is 222 g/mol. The van der Waals surface area contributed by atoms with Gasteiger partial charge in [0.2, 0.25) is 0 Å². The lowest BCUT2D eigenvalue weighted by Crippen LogP contribution is -2.09. The third-order valence-electron chi connectivity index (χ3n) is 3.56. The molecule has 3 rings (SSSR count). The summed E-state index contributed by atoms with van der Waals surface area (Å²) in [6.07, 6.45) is 2.93. The summed E-state index contributed by atoms with van der Waals surface area (Å²) in [5.41, 5.74) is 8.06. The Labute approximate surface area is 106 Å². The maximum Gasteiger partial charge on any atom is 0.0918 e. The third kappa shape index (κ3) is 1.40. The second-order valence-corrected chi connectivity index (χ2v) is 4.56. The Morgan fingerprint density at radius 1 is 1.22 bits per heavy atom. The van der Waals surface area contributed by atoms with E-state index < -0.39 is 0 Å². The molecule has 0 aliphatic carbocycles. The van der Waals surface area contributed by atoms with Gasteiger partial charge in [0.25, 0.3) is 0 Å². The molecule has 1 aromatic carbocycles. The summed E-state index contributed by atoms with van der Waals surface area (Å²) in [4.78, 5) is 4.39. The van der Waals surface area contributed by atoms with E-state index in [2.05, 4.69) is 53.2 Å². The summed E-state index contributed by atoms with van der Waals surface area (Å²) in [5.74, 6) is 0. The zero-order valence-electron chi connectivity index (χ0n) is 11.0. The molecule has 3 heteroatoms. The molecule has 0 atom stereocenters. The Bertz CT molecular complexity index is 725. The summed E-state index contributed by atoms with van der Waals surface area (Å²) in [6, 6.07) is 8.76. The fourth-order valence-electron chi connectivity index (χ4n) is 2.62. The molecular formula is C15H17N3. The highest BCUT2D eigenvalue weighted by molar-refractivity contribution is 6.09. The van der Waals surface area contributed by atoms with Crippen LogP contribution in [0.25, 0.3) is 21.8 Å². The Balaban J connectivity index is 2.53. The van der Waals surface area contributed by atoms with Gasteiger partial charge in [-0.05, 0) is 31.0 Å². The van der Waals surface area contributed by atoms with E-state index in [0.717, 1.165) is 12.1 Å². The van der Waals surface area contributed by atoms with Gasteiger partial charge in [0, 0.05) is 24.0 Å². The molecule has 0 unspecified atom stereocenters. The number of fused-ring (bicyclic) bond motifs is 3. The molecule has 0 saturated carbocycles. The molecule has 0 amide bonds. The summed E-state index contributed by atoms with van der Waals surface area (Å²) in [5, 5.41) is 2.54. The summed E-state index contributed by atoms with van der Waals surface area (Å²) in [6.45, 7) is 4.23. The predicted octanol–water partition coefficient (Wildman–Crippen LogP) is 3.23. The van der Waals surface area contributed by atoms with Crippen molar-refractivity contribution in [2.45, 2.75) is 20.3 Å². The first kappa shape index (κ1) is 11.1. The van der Waals surface area contributed by atoms with Crippen LogP contribution in [0.4, 0.5) is 0 Å². The summed E-state index contributed by atoms with van der Waals surface area (Å²) < 4.78 is 2.13. The molecule has 0 fully saturated rings. The number of nitrogens with zero attached hydrogens (tertiary/aromatic N) is 2. The van der Waals surface area contributed by atoms with Gasteiger partial charge in [0.15, 0.2) is 0 Å². The van der Waals surface area contributed by atoms with Crippen molar-refractivity contribution >= 4 is 21.8 Å². The Morgan fingerprint density at radius 3 is 2.78 bits per heavy atom. The molecule has 1 N–H and O–H groups in total. The first-order valence-corrected chi connectivity index (χ1v) is 6.32. The van der Waals surface area contributed by atoms with Gasteiger partial charge in [-0.15, -0.1) is 0 Å². The largest absolute Gasteiger partial charge is 0.328 e. The molecule has 0 spiro atoms. The van der Waals surface area contributed by atoms with Gasteiger partial charge in [-0.25, -0.2) is 0 Å². The number of benzene rings is 1. The average Bonchev–Trinajstić information content (AvgIpc) is 2.73. The van der Waals surface area contributed by atoms with Crippen LogP contribution in [0.1, 0.15) is 18.2 Å². The molecule has 0 aliphatic heterocycles. The van der Waals surface area contributed by atoms with E-state index in [1.165, 1.54) is 27.4 Å². The Morgan fingerprint density at radius 2 is 2.06 bits per heavy atom. The van der Waals surface area contributed by atoms with Gasteiger partial charge in [0.1, 0.15) is 0 Å². The van der Waals surface area contributed by atoms with E-state index in [1.54, 1.807) is 0 Å². The molecule has 92 valence electrons. The molecule has 0 radical (unpaired) electrons. The molecule has 3 aromatic rings. The van der Waals surface area contributed by atoms with Crippen molar-refractivity contribution in [3.8, 4) is 0 Å². The number of nitrogens with one attached hydrogen (secondary N) is 1. The lowest BCUT2D eigenvalue weighted by Gasteiger charge is -2.07. The van der Waals surface area contributed by atoms with Crippen LogP contribution in [0.15, 0.2) is 30.5 Å². The molecule has 2 heterocycles. The van der Waals surface area contributed by atoms with Crippen LogP contribution < -0.4 is 5.43 Å². The van der Waals surface area contributed by atoms with Crippen molar-refractivity contribution in [2.75, 3.05) is 12.5 Å². The van der Waals surface area contributed by atoms with E-state index in [1.807, 2.05) is 13.2 Å². The van der Waals surface area contributed by atoms with Crippen molar-refractivity contribution in [1.29, 1.82) is 0 Å². The van der Waals surface area contributed by atoms with Crippen LogP contribution in [0.2, 0.25) is 0 Å². The van der Waals surface area contributed by atoms with E-state index in [0.29, 0.717) is 0 Å². The highest BCUT2D eigenvalue weighted by atomic mass is 15.4. The number of pyridine rings is 1. The highest BCUT2D eigenvalue weighted by Crippen LogP contribution is 2.29. The molecule has 0 saturated heterocycles. The van der Waals surface area contributed by atoms with E-state index in [4.69, 9.17) is 0 Å². The van der Waals surface area contributed by atoms with Crippen LogP contribution in [0, 0.1) is 6.92 Å². The topological polar surface area (TPSA) is 29.9 Å². The van der Waals surface area contributed by atoms with Crippen molar-refractivity contribution in [1.82, 2.24) is 9.66 Å². The fourth-order valence-corrected chi connectivity index (χ4v) is 2.62. The number of aromatic nitrogens is 2. The van der Waals surface area contributed by atoms with Gasteiger partial charge < -0.3 is 5.43 Å². The van der Waals surface area contributed by atoms with Crippen molar-refractivity contribution < 1.29 is 0 Å². The number of hydrogen-bond acceptors (Lipinski definition) is 2. The van der Waals surface area contributed by atoms with Crippen LogP contribution in [-0.4, -0.2) is 16.7 Å². The molecule has 18 heavy (non-hydrogen) atoms. The van der Waals surface area contributed by atoms with Crippen LogP contribution in [-0.2, 0) is 6.42 Å². The maximum absolute atomic E-state index is 4.39. The Kier molecular flexibility index (Phi) is 2.47. The molecule has 0 aliphatic rings. The number of aryl methyl sites for hydroxylation is 2. The van der Waals surface area contributed by atoms with E-state index in [-0.39, 0.29) is 0 Å². The van der Waals surface area contributed by atoms with Crippen molar-refractivity contribution in [2.24, 2.45) is 0 Å². The number of hydrogen-bond donors (Lipinski definition) is 1. The van der Waals surface area contributed by atoms with Crippen molar-refractivity contribution in [3.63, 3.8) is 0 Å². The average molecular weight is 239 g/mol. The monoisotopic (exact) mass is 239 g/mol. The minimum absolute atomic E-state index is 1.05. The first-order valence-electron chi connectivity index (χ1n) is 6.32. The number of rotatable bonds is 2. The lowest BCUT2D eigenvalue weighted by atomic mass is 10.1. The molecule has 0 bridgehead atoms. The Hall–Kier alpha value is -2.03. The second kappa shape index (κ2) is 4.02. The first-order chi connectivity index (χ1) is 8.76. The maximum atomic E-state index is 4.39. The molecule has 2 aromatic heterocycles. The lowest BCUT2D eigenvalue weighted by molar-refractivity contribution is 0.998. The second-order valence-electron chi connectivity index (χ2n) is 4.56.